The van der Waals surface area contributed by atoms with E-state index in [2.05, 4.69) is 0 Å². The number of aliphatic carboxylic acids is 1. The van der Waals surface area contributed by atoms with E-state index in [1.807, 2.05) is 0 Å². The van der Waals surface area contributed by atoms with Gasteiger partial charge in [0, 0.05) is 6.42 Å². The number of carboxylic acid groups (broad SMARTS) is 1. The molecule has 1 rings (SSSR count). The maximum absolute atomic E-state index is 10.5. The Morgan fingerprint density at radius 2 is 2.09 bits per heavy atom. The number of allylic oxidation sites excluding steroid dienone is 2. The fourth-order valence-electron chi connectivity index (χ4n) is 0.681. The fraction of sp³-hybridized carbons (Fsp3) is 0.143. The number of ketones is 1. The number of carbonyl (C=O) groups excluding carboxylic acids is 2. The topological polar surface area (TPSA) is 57.2 Å². The number of carboxylic acids is 1. The van der Waals surface area contributed by atoms with Crippen LogP contribution in [0.25, 0.3) is 0 Å². The van der Waals surface area contributed by atoms with E-state index in [4.69, 9.17) is 0 Å². The molecule has 0 aliphatic heterocycles. The molecule has 4 heteroatoms. The molecule has 0 radical (unpaired) electrons. The maximum atomic E-state index is 10.5. The van der Waals surface area contributed by atoms with Gasteiger partial charge in [-0.1, -0.05) is 6.08 Å². The second-order valence-corrected chi connectivity index (χ2v) is 1.95. The third kappa shape index (κ3) is 3.01. The van der Waals surface area contributed by atoms with Crippen molar-refractivity contribution < 1.29 is 44.3 Å². The number of hydrogen-bond acceptors (Lipinski definition) is 3. The molecule has 0 aromatic heterocycles. The normalized spacial score (nSPS) is 15.3. The first-order valence-corrected chi connectivity index (χ1v) is 2.82. The molecule has 11 heavy (non-hydrogen) atoms. The van der Waals surface area contributed by atoms with Crippen molar-refractivity contribution in [2.24, 2.45) is 0 Å². The zero-order chi connectivity index (χ0) is 7.56. The van der Waals surface area contributed by atoms with E-state index >= 15 is 0 Å². The average Bonchev–Trinajstić information content (AvgIpc) is 1.88. The molecule has 0 amide bonds. The van der Waals surface area contributed by atoms with Gasteiger partial charge in [0.05, 0.1) is 5.97 Å². The second kappa shape index (κ2) is 4.49. The van der Waals surface area contributed by atoms with Crippen molar-refractivity contribution in [1.82, 2.24) is 0 Å². The molecule has 0 N–H and O–H groups in total. The Morgan fingerprint density at radius 1 is 1.45 bits per heavy atom. The minimum Gasteiger partial charge on any atom is -0.545 e. The van der Waals surface area contributed by atoms with Crippen LogP contribution >= 0.6 is 0 Å². The van der Waals surface area contributed by atoms with Crippen molar-refractivity contribution in [3.8, 4) is 0 Å². The quantitative estimate of drug-likeness (QED) is 0.369. The molecule has 0 fully saturated rings. The van der Waals surface area contributed by atoms with Gasteiger partial charge in [-0.25, -0.2) is 0 Å². The van der Waals surface area contributed by atoms with Gasteiger partial charge in [-0.2, -0.15) is 0 Å². The number of hydrogen-bond donors (Lipinski definition) is 0. The zero-order valence-corrected chi connectivity index (χ0v) is 8.16. The van der Waals surface area contributed by atoms with E-state index in [0.29, 0.717) is 0 Å². The summed E-state index contributed by atoms with van der Waals surface area (Å²) < 4.78 is 0. The molecule has 0 heterocycles. The molecule has 0 atom stereocenters. The first kappa shape index (κ1) is 10.6. The van der Waals surface area contributed by atoms with E-state index in [1.165, 1.54) is 18.2 Å². The smallest absolute Gasteiger partial charge is 0.545 e. The van der Waals surface area contributed by atoms with Gasteiger partial charge < -0.3 is 9.90 Å². The average molecular weight is 160 g/mol. The first-order valence-electron chi connectivity index (χ1n) is 2.82. The van der Waals surface area contributed by atoms with Gasteiger partial charge in [0.15, 0.2) is 5.78 Å². The standard InChI is InChI=1S/C7H6O3.Na/c8-6-3-1-5(2-4-6)7(9)10;/h1-3H,4H2,(H,9,10);/q;+1/p-1. The van der Waals surface area contributed by atoms with Crippen molar-refractivity contribution in [1.29, 1.82) is 0 Å². The summed E-state index contributed by atoms with van der Waals surface area (Å²) in [5, 5.41) is 10.1. The zero-order valence-electron chi connectivity index (χ0n) is 6.16. The summed E-state index contributed by atoms with van der Waals surface area (Å²) in [6.45, 7) is 0. The van der Waals surface area contributed by atoms with Crippen LogP contribution in [0, 0.1) is 0 Å². The molecule has 0 spiro atoms. The summed E-state index contributed by atoms with van der Waals surface area (Å²) in [6, 6.07) is 0. The van der Waals surface area contributed by atoms with Crippen molar-refractivity contribution in [2.45, 2.75) is 6.42 Å². The van der Waals surface area contributed by atoms with Gasteiger partial charge in [0.2, 0.25) is 0 Å². The van der Waals surface area contributed by atoms with Crippen LogP contribution in [0.15, 0.2) is 23.8 Å². The molecule has 0 aromatic rings. The monoisotopic (exact) mass is 160 g/mol. The Kier molecular flexibility index (Phi) is 4.33. The van der Waals surface area contributed by atoms with Crippen molar-refractivity contribution in [3.63, 3.8) is 0 Å². The molecule has 0 saturated carbocycles. The minimum atomic E-state index is -1.23. The summed E-state index contributed by atoms with van der Waals surface area (Å²) in [4.78, 5) is 20.6. The third-order valence-electron chi connectivity index (χ3n) is 1.21. The Labute approximate surface area is 86.1 Å². The van der Waals surface area contributed by atoms with Crippen LogP contribution < -0.4 is 34.7 Å². The van der Waals surface area contributed by atoms with E-state index < -0.39 is 5.97 Å². The summed E-state index contributed by atoms with van der Waals surface area (Å²) >= 11 is 0. The van der Waals surface area contributed by atoms with Crippen molar-refractivity contribution >= 4 is 11.8 Å². The molecule has 3 nitrogen and oxygen atoms in total. The Bertz CT molecular complexity index is 240. The van der Waals surface area contributed by atoms with Gasteiger partial charge in [-0.05, 0) is 17.7 Å². The van der Waals surface area contributed by atoms with Crippen LogP contribution in [0.2, 0.25) is 0 Å². The van der Waals surface area contributed by atoms with Crippen molar-refractivity contribution in [2.75, 3.05) is 0 Å². The predicted molar refractivity (Wildman–Crippen MR) is 31.9 cm³/mol. The van der Waals surface area contributed by atoms with Gasteiger partial charge in [-0.15, -0.1) is 0 Å². The first-order chi connectivity index (χ1) is 4.70. The van der Waals surface area contributed by atoms with Crippen LogP contribution in [0.3, 0.4) is 0 Å². The summed E-state index contributed by atoms with van der Waals surface area (Å²) in [7, 11) is 0. The minimum absolute atomic E-state index is 0. The summed E-state index contributed by atoms with van der Waals surface area (Å²) in [5.74, 6) is -1.31. The molecule has 1 aliphatic rings. The van der Waals surface area contributed by atoms with Crippen molar-refractivity contribution in [3.05, 3.63) is 23.8 Å². The number of rotatable bonds is 1. The van der Waals surface area contributed by atoms with Gasteiger partial charge in [-0.3, -0.25) is 4.79 Å². The Morgan fingerprint density at radius 3 is 2.45 bits per heavy atom. The van der Waals surface area contributed by atoms with E-state index in [0.717, 1.165) is 0 Å². The van der Waals surface area contributed by atoms with Gasteiger partial charge >= 0.3 is 29.6 Å². The largest absolute Gasteiger partial charge is 1.00 e. The van der Waals surface area contributed by atoms with E-state index in [9.17, 15) is 14.7 Å². The second-order valence-electron chi connectivity index (χ2n) is 1.95. The molecular weight excluding hydrogens is 155 g/mol. The molecule has 1 aliphatic carbocycles. The predicted octanol–water partition coefficient (Wildman–Crippen LogP) is -3.80. The molecule has 0 aromatic carbocycles. The SMILES string of the molecule is O=C1C=CC(C(=O)[O-])=CC1.[Na+]. The van der Waals surface area contributed by atoms with Crippen LogP contribution in [-0.4, -0.2) is 11.8 Å². The Balaban J connectivity index is 0.000001000. The maximum Gasteiger partial charge on any atom is 1.00 e. The molecule has 0 saturated heterocycles. The Hall–Kier alpha value is -0.380. The number of carbonyl (C=O) groups is 2. The molecular formula is C7H5NaO3. The molecule has 0 unspecified atom stereocenters. The van der Waals surface area contributed by atoms with Gasteiger partial charge in [0.25, 0.3) is 0 Å². The fourth-order valence-corrected chi connectivity index (χ4v) is 0.681. The van der Waals surface area contributed by atoms with E-state index in [1.54, 1.807) is 0 Å². The van der Waals surface area contributed by atoms with Crippen LogP contribution in [-0.2, 0) is 9.59 Å². The molecule has 52 valence electrons. The van der Waals surface area contributed by atoms with Gasteiger partial charge in [0.1, 0.15) is 0 Å². The van der Waals surface area contributed by atoms with Crippen LogP contribution in [0.5, 0.6) is 0 Å². The third-order valence-corrected chi connectivity index (χ3v) is 1.21. The van der Waals surface area contributed by atoms with Crippen LogP contribution in [0.1, 0.15) is 6.42 Å². The van der Waals surface area contributed by atoms with Crippen LogP contribution in [0.4, 0.5) is 0 Å². The molecule has 0 bridgehead atoms. The van der Waals surface area contributed by atoms with E-state index in [-0.39, 0.29) is 47.3 Å². The summed E-state index contributed by atoms with van der Waals surface area (Å²) in [5.41, 5.74) is 0.0830. The summed E-state index contributed by atoms with van der Waals surface area (Å²) in [6.07, 6.45) is 4.00.